The highest BCUT2D eigenvalue weighted by Crippen LogP contribution is 2.27. The Morgan fingerprint density at radius 3 is 2.94 bits per heavy atom. The molecule has 1 aromatic carbocycles. The third kappa shape index (κ3) is 1.78. The molecule has 0 spiro atoms. The van der Waals surface area contributed by atoms with Crippen molar-refractivity contribution in [2.45, 2.75) is 19.4 Å². The summed E-state index contributed by atoms with van der Waals surface area (Å²) < 4.78 is 0. The maximum Gasteiger partial charge on any atom is 0.187 e. The van der Waals surface area contributed by atoms with E-state index in [0.717, 1.165) is 17.7 Å². The van der Waals surface area contributed by atoms with Crippen molar-refractivity contribution < 1.29 is 4.79 Å². The third-order valence-electron chi connectivity index (χ3n) is 3.39. The molecular weight excluding hydrogens is 224 g/mol. The van der Waals surface area contributed by atoms with E-state index in [1.807, 2.05) is 31.2 Å². The molecule has 3 heteroatoms. The Labute approximate surface area is 106 Å². The summed E-state index contributed by atoms with van der Waals surface area (Å²) in [4.78, 5) is 16.5. The van der Waals surface area contributed by atoms with E-state index < -0.39 is 0 Å². The van der Waals surface area contributed by atoms with Crippen molar-refractivity contribution in [1.29, 1.82) is 0 Å². The number of hydrogen-bond acceptors (Lipinski definition) is 3. The van der Waals surface area contributed by atoms with Gasteiger partial charge in [-0.1, -0.05) is 18.2 Å². The van der Waals surface area contributed by atoms with Gasteiger partial charge in [-0.2, -0.15) is 0 Å². The smallest absolute Gasteiger partial charge is 0.187 e. The number of carbonyl (C=O) groups is 1. The van der Waals surface area contributed by atoms with Crippen LogP contribution in [-0.2, 0) is 6.42 Å². The second-order valence-corrected chi connectivity index (χ2v) is 4.61. The van der Waals surface area contributed by atoms with Crippen molar-refractivity contribution in [1.82, 2.24) is 4.98 Å². The van der Waals surface area contributed by atoms with Crippen molar-refractivity contribution in [2.75, 3.05) is 5.32 Å². The van der Waals surface area contributed by atoms with E-state index in [9.17, 15) is 4.79 Å². The first-order valence-corrected chi connectivity index (χ1v) is 6.05. The van der Waals surface area contributed by atoms with E-state index in [1.165, 1.54) is 5.56 Å². The van der Waals surface area contributed by atoms with E-state index in [-0.39, 0.29) is 11.8 Å². The van der Waals surface area contributed by atoms with Crippen LogP contribution in [0.15, 0.2) is 42.7 Å². The summed E-state index contributed by atoms with van der Waals surface area (Å²) in [6.45, 7) is 1.94. The van der Waals surface area contributed by atoms with Gasteiger partial charge in [-0.05, 0) is 30.2 Å². The minimum Gasteiger partial charge on any atom is -0.374 e. The molecule has 0 bridgehead atoms. The number of nitrogens with zero attached hydrogens (tertiary/aromatic N) is 1. The topological polar surface area (TPSA) is 42.0 Å². The molecule has 1 N–H and O–H groups in total. The number of aryl methyl sites for hydroxylation is 1. The number of fused-ring (bicyclic) bond motifs is 1. The molecule has 18 heavy (non-hydrogen) atoms. The van der Waals surface area contributed by atoms with Crippen LogP contribution in [0.2, 0.25) is 0 Å². The molecule has 1 aliphatic rings. The highest BCUT2D eigenvalue weighted by atomic mass is 16.1. The second kappa shape index (κ2) is 4.26. The van der Waals surface area contributed by atoms with Crippen LogP contribution in [0.3, 0.4) is 0 Å². The largest absolute Gasteiger partial charge is 0.374 e. The SMILES string of the molecule is Cc1ccncc1C(=O)C1Cc2ccccc2N1. The summed E-state index contributed by atoms with van der Waals surface area (Å²) in [5.41, 5.74) is 3.96. The molecule has 2 heterocycles. The number of carbonyl (C=O) groups excluding carboxylic acids is 1. The molecule has 1 aromatic heterocycles. The Kier molecular flexibility index (Phi) is 2.59. The van der Waals surface area contributed by atoms with Crippen LogP contribution < -0.4 is 5.32 Å². The van der Waals surface area contributed by atoms with Crippen molar-refractivity contribution in [3.05, 3.63) is 59.4 Å². The maximum atomic E-state index is 12.4. The molecule has 0 saturated carbocycles. The molecule has 1 unspecified atom stereocenters. The van der Waals surface area contributed by atoms with E-state index in [1.54, 1.807) is 12.4 Å². The number of aromatic nitrogens is 1. The zero-order valence-corrected chi connectivity index (χ0v) is 10.2. The maximum absolute atomic E-state index is 12.4. The van der Waals surface area contributed by atoms with Gasteiger partial charge in [0.05, 0.1) is 6.04 Å². The lowest BCUT2D eigenvalue weighted by atomic mass is 9.99. The highest BCUT2D eigenvalue weighted by molar-refractivity contribution is 6.03. The minimum absolute atomic E-state index is 0.122. The Morgan fingerprint density at radius 2 is 2.17 bits per heavy atom. The number of nitrogens with one attached hydrogen (secondary N) is 1. The molecule has 0 radical (unpaired) electrons. The molecule has 3 rings (SSSR count). The number of hydrogen-bond donors (Lipinski definition) is 1. The van der Waals surface area contributed by atoms with Crippen molar-refractivity contribution in [2.24, 2.45) is 0 Å². The van der Waals surface area contributed by atoms with Crippen LogP contribution in [0.5, 0.6) is 0 Å². The summed E-state index contributed by atoms with van der Waals surface area (Å²) in [6.07, 6.45) is 4.12. The molecule has 0 aliphatic carbocycles. The Bertz CT molecular complexity index is 582. The Morgan fingerprint density at radius 1 is 1.33 bits per heavy atom. The number of ketones is 1. The quantitative estimate of drug-likeness (QED) is 0.818. The van der Waals surface area contributed by atoms with Gasteiger partial charge in [0.25, 0.3) is 0 Å². The predicted octanol–water partition coefficient (Wildman–Crippen LogP) is 2.61. The molecule has 1 atom stereocenters. The summed E-state index contributed by atoms with van der Waals surface area (Å²) in [5.74, 6) is 0.122. The fourth-order valence-corrected chi connectivity index (χ4v) is 2.37. The average Bonchev–Trinajstić information content (AvgIpc) is 2.82. The average molecular weight is 238 g/mol. The van der Waals surface area contributed by atoms with E-state index >= 15 is 0 Å². The number of Topliss-reactive ketones (excluding diaryl/α,β-unsaturated/α-hetero) is 1. The summed E-state index contributed by atoms with van der Waals surface area (Å²) in [6, 6.07) is 9.77. The van der Waals surface area contributed by atoms with Crippen LogP contribution in [0.25, 0.3) is 0 Å². The van der Waals surface area contributed by atoms with Crippen LogP contribution in [0, 0.1) is 6.92 Å². The zero-order chi connectivity index (χ0) is 12.5. The van der Waals surface area contributed by atoms with Gasteiger partial charge in [0.1, 0.15) is 0 Å². The van der Waals surface area contributed by atoms with Gasteiger partial charge in [-0.25, -0.2) is 0 Å². The van der Waals surface area contributed by atoms with E-state index in [2.05, 4.69) is 16.4 Å². The van der Waals surface area contributed by atoms with Gasteiger partial charge in [0, 0.05) is 30.1 Å². The molecule has 2 aromatic rings. The highest BCUT2D eigenvalue weighted by Gasteiger charge is 2.27. The van der Waals surface area contributed by atoms with Crippen LogP contribution >= 0.6 is 0 Å². The molecule has 3 nitrogen and oxygen atoms in total. The lowest BCUT2D eigenvalue weighted by Gasteiger charge is -2.11. The molecule has 0 amide bonds. The zero-order valence-electron chi connectivity index (χ0n) is 10.2. The normalized spacial score (nSPS) is 17.1. The number of benzene rings is 1. The minimum atomic E-state index is -0.162. The number of pyridine rings is 1. The second-order valence-electron chi connectivity index (χ2n) is 4.61. The number of para-hydroxylation sites is 1. The van der Waals surface area contributed by atoms with Crippen LogP contribution in [0.1, 0.15) is 21.5 Å². The summed E-state index contributed by atoms with van der Waals surface area (Å²) in [7, 11) is 0. The van der Waals surface area contributed by atoms with E-state index in [0.29, 0.717) is 5.56 Å². The molecule has 90 valence electrons. The molecule has 0 fully saturated rings. The Hall–Kier alpha value is -2.16. The molecule has 1 aliphatic heterocycles. The van der Waals surface area contributed by atoms with Gasteiger partial charge in [0.15, 0.2) is 5.78 Å². The van der Waals surface area contributed by atoms with Gasteiger partial charge in [-0.3, -0.25) is 9.78 Å². The van der Waals surface area contributed by atoms with Crippen LogP contribution in [0.4, 0.5) is 5.69 Å². The summed E-state index contributed by atoms with van der Waals surface area (Å²) in [5, 5.41) is 3.28. The first-order valence-electron chi connectivity index (χ1n) is 6.05. The summed E-state index contributed by atoms with van der Waals surface area (Å²) >= 11 is 0. The molecular formula is C15H14N2O. The van der Waals surface area contributed by atoms with Gasteiger partial charge < -0.3 is 5.32 Å². The molecule has 0 saturated heterocycles. The third-order valence-corrected chi connectivity index (χ3v) is 3.39. The Balaban J connectivity index is 1.87. The lowest BCUT2D eigenvalue weighted by molar-refractivity contribution is 0.0970. The van der Waals surface area contributed by atoms with Gasteiger partial charge in [-0.15, -0.1) is 0 Å². The number of rotatable bonds is 2. The predicted molar refractivity (Wildman–Crippen MR) is 70.9 cm³/mol. The van der Waals surface area contributed by atoms with Gasteiger partial charge >= 0.3 is 0 Å². The first-order chi connectivity index (χ1) is 8.75. The van der Waals surface area contributed by atoms with Gasteiger partial charge in [0.2, 0.25) is 0 Å². The lowest BCUT2D eigenvalue weighted by Crippen LogP contribution is -2.27. The van der Waals surface area contributed by atoms with E-state index in [4.69, 9.17) is 0 Å². The number of anilines is 1. The van der Waals surface area contributed by atoms with Crippen LogP contribution in [-0.4, -0.2) is 16.8 Å². The first kappa shape index (κ1) is 11.0. The van der Waals surface area contributed by atoms with Crippen molar-refractivity contribution in [3.63, 3.8) is 0 Å². The monoisotopic (exact) mass is 238 g/mol. The van der Waals surface area contributed by atoms with Crippen molar-refractivity contribution >= 4 is 11.5 Å². The fraction of sp³-hybridized carbons (Fsp3) is 0.200. The van der Waals surface area contributed by atoms with Crippen molar-refractivity contribution in [3.8, 4) is 0 Å². The fourth-order valence-electron chi connectivity index (χ4n) is 2.37. The standard InChI is InChI=1S/C15H14N2O/c1-10-6-7-16-9-12(10)15(18)14-8-11-4-2-3-5-13(11)17-14/h2-7,9,14,17H,8H2,1H3.